The molecule has 114 valence electrons. The molecule has 22 heavy (non-hydrogen) atoms. The molecule has 0 aliphatic rings. The van der Waals surface area contributed by atoms with Crippen molar-refractivity contribution in [2.45, 2.75) is 26.3 Å². The molecule has 2 aromatic heterocycles. The Balaban J connectivity index is 2.15. The number of hydrogen-bond donors (Lipinski definition) is 0. The van der Waals surface area contributed by atoms with Crippen molar-refractivity contribution in [2.75, 3.05) is 0 Å². The number of nitrogens with zero attached hydrogens (tertiary/aromatic N) is 3. The van der Waals surface area contributed by atoms with Gasteiger partial charge in [0.2, 0.25) is 0 Å². The van der Waals surface area contributed by atoms with Gasteiger partial charge in [-0.3, -0.25) is 9.67 Å². The number of alkyl halides is 2. The van der Waals surface area contributed by atoms with Gasteiger partial charge in [0.05, 0.1) is 11.7 Å². The Kier molecular flexibility index (Phi) is 3.60. The molecule has 0 spiro atoms. The van der Waals surface area contributed by atoms with E-state index in [0.29, 0.717) is 12.1 Å². The van der Waals surface area contributed by atoms with Gasteiger partial charge in [0.25, 0.3) is 5.92 Å². The Morgan fingerprint density at radius 3 is 2.64 bits per heavy atom. The molecule has 0 aliphatic heterocycles. The molecule has 0 N–H and O–H groups in total. The second-order valence-electron chi connectivity index (χ2n) is 5.17. The van der Waals surface area contributed by atoms with Gasteiger partial charge >= 0.3 is 0 Å². The van der Waals surface area contributed by atoms with Crippen LogP contribution in [0.3, 0.4) is 0 Å². The highest BCUT2D eigenvalue weighted by Crippen LogP contribution is 2.36. The first-order chi connectivity index (χ1) is 10.4. The van der Waals surface area contributed by atoms with Crippen molar-refractivity contribution in [1.82, 2.24) is 14.8 Å². The van der Waals surface area contributed by atoms with Crippen molar-refractivity contribution in [3.8, 4) is 11.1 Å². The van der Waals surface area contributed by atoms with Crippen molar-refractivity contribution in [1.29, 1.82) is 0 Å². The van der Waals surface area contributed by atoms with Crippen LogP contribution in [0.1, 0.15) is 19.4 Å². The number of hydrogen-bond acceptors (Lipinski definition) is 2. The summed E-state index contributed by atoms with van der Waals surface area (Å²) in [4.78, 5) is 4.34. The predicted octanol–water partition coefficient (Wildman–Crippen LogP) is 4.88. The van der Waals surface area contributed by atoms with E-state index in [0.717, 1.165) is 23.5 Å². The second-order valence-corrected chi connectivity index (χ2v) is 5.58. The number of aryl methyl sites for hydroxylation is 1. The van der Waals surface area contributed by atoms with E-state index in [1.165, 1.54) is 12.1 Å². The highest BCUT2D eigenvalue weighted by atomic mass is 35.5. The molecule has 0 fully saturated rings. The lowest BCUT2D eigenvalue weighted by atomic mass is 10.0. The fourth-order valence-electron chi connectivity index (χ4n) is 2.41. The fourth-order valence-corrected chi connectivity index (χ4v) is 2.69. The number of fused-ring (bicyclic) bond motifs is 1. The quantitative estimate of drug-likeness (QED) is 0.688. The molecule has 3 nitrogen and oxygen atoms in total. The zero-order chi connectivity index (χ0) is 15.9. The van der Waals surface area contributed by atoms with Crippen LogP contribution < -0.4 is 0 Å². The third-order valence-electron chi connectivity index (χ3n) is 3.57. The monoisotopic (exact) mass is 321 g/mol. The minimum atomic E-state index is -2.99. The lowest BCUT2D eigenvalue weighted by molar-refractivity contribution is 0.0176. The Hall–Kier alpha value is -2.01. The highest BCUT2D eigenvalue weighted by Gasteiger charge is 2.27. The topological polar surface area (TPSA) is 30.7 Å². The Labute approximate surface area is 131 Å². The van der Waals surface area contributed by atoms with Crippen LogP contribution in [-0.2, 0) is 12.5 Å². The van der Waals surface area contributed by atoms with E-state index in [1.54, 1.807) is 18.5 Å². The number of pyridine rings is 1. The standard InChI is InChI=1S/C16H14ClF2N3/c1-3-22-15-7-11(8-20-14(15)9-21-22)10-4-5-13(17)12(6-10)16(2,18)19/h4-9H,3H2,1-2H3. The SMILES string of the molecule is CCn1ncc2ncc(-c3ccc(Cl)c(C(C)(F)F)c3)cc21. The summed E-state index contributed by atoms with van der Waals surface area (Å²) in [6, 6.07) is 6.52. The molecule has 3 aromatic rings. The maximum atomic E-state index is 13.6. The fraction of sp³-hybridized carbons (Fsp3) is 0.250. The first-order valence-corrected chi connectivity index (χ1v) is 7.27. The molecule has 0 atom stereocenters. The van der Waals surface area contributed by atoms with Crippen LogP contribution in [0.25, 0.3) is 22.2 Å². The molecule has 3 rings (SSSR count). The van der Waals surface area contributed by atoms with E-state index < -0.39 is 5.92 Å². The van der Waals surface area contributed by atoms with Gasteiger partial charge in [0.15, 0.2) is 0 Å². The molecular formula is C16H14ClF2N3. The van der Waals surface area contributed by atoms with E-state index >= 15 is 0 Å². The van der Waals surface area contributed by atoms with Gasteiger partial charge in [-0.25, -0.2) is 8.78 Å². The number of aromatic nitrogens is 3. The summed E-state index contributed by atoms with van der Waals surface area (Å²) < 4.78 is 29.1. The van der Waals surface area contributed by atoms with E-state index in [4.69, 9.17) is 11.6 Å². The molecule has 0 radical (unpaired) electrons. The summed E-state index contributed by atoms with van der Waals surface area (Å²) >= 11 is 5.88. The van der Waals surface area contributed by atoms with Crippen LogP contribution in [0.5, 0.6) is 0 Å². The summed E-state index contributed by atoms with van der Waals surface area (Å²) in [5.41, 5.74) is 2.88. The van der Waals surface area contributed by atoms with Gasteiger partial charge in [-0.1, -0.05) is 17.7 Å². The van der Waals surface area contributed by atoms with E-state index in [1.807, 2.05) is 17.7 Å². The molecule has 0 saturated heterocycles. The maximum absolute atomic E-state index is 13.6. The minimum absolute atomic E-state index is 0.0592. The van der Waals surface area contributed by atoms with Gasteiger partial charge in [-0.2, -0.15) is 5.10 Å². The minimum Gasteiger partial charge on any atom is -0.263 e. The van der Waals surface area contributed by atoms with Gasteiger partial charge in [-0.15, -0.1) is 0 Å². The first-order valence-electron chi connectivity index (χ1n) is 6.90. The Bertz CT molecular complexity index is 837. The highest BCUT2D eigenvalue weighted by molar-refractivity contribution is 6.31. The van der Waals surface area contributed by atoms with Gasteiger partial charge in [0.1, 0.15) is 5.52 Å². The third-order valence-corrected chi connectivity index (χ3v) is 3.90. The molecule has 6 heteroatoms. The lowest BCUT2D eigenvalue weighted by Crippen LogP contribution is -2.07. The van der Waals surface area contributed by atoms with Crippen LogP contribution >= 0.6 is 11.6 Å². The van der Waals surface area contributed by atoms with Gasteiger partial charge in [0, 0.05) is 35.8 Å². The van der Waals surface area contributed by atoms with Crippen molar-refractivity contribution < 1.29 is 8.78 Å². The molecule has 1 aromatic carbocycles. The van der Waals surface area contributed by atoms with Crippen molar-refractivity contribution in [3.63, 3.8) is 0 Å². The molecule has 0 bridgehead atoms. The van der Waals surface area contributed by atoms with Crippen molar-refractivity contribution in [2.24, 2.45) is 0 Å². The Morgan fingerprint density at radius 2 is 1.95 bits per heavy atom. The number of halogens is 3. The summed E-state index contributed by atoms with van der Waals surface area (Å²) in [6.45, 7) is 3.54. The normalized spacial score (nSPS) is 12.0. The zero-order valence-corrected chi connectivity index (χ0v) is 12.9. The van der Waals surface area contributed by atoms with Crippen LogP contribution in [0.2, 0.25) is 5.02 Å². The van der Waals surface area contributed by atoms with Crippen LogP contribution in [0.15, 0.2) is 36.7 Å². The maximum Gasteiger partial charge on any atom is 0.271 e. The third kappa shape index (κ3) is 2.57. The Morgan fingerprint density at radius 1 is 1.18 bits per heavy atom. The zero-order valence-electron chi connectivity index (χ0n) is 12.1. The van der Waals surface area contributed by atoms with Crippen LogP contribution in [0, 0.1) is 0 Å². The largest absolute Gasteiger partial charge is 0.271 e. The summed E-state index contributed by atoms with van der Waals surface area (Å²) in [6.07, 6.45) is 3.35. The molecule has 0 aliphatic carbocycles. The van der Waals surface area contributed by atoms with E-state index in [-0.39, 0.29) is 10.6 Å². The number of rotatable bonds is 3. The average molecular weight is 322 g/mol. The molecular weight excluding hydrogens is 308 g/mol. The number of benzene rings is 1. The average Bonchev–Trinajstić information content (AvgIpc) is 2.88. The smallest absolute Gasteiger partial charge is 0.263 e. The molecule has 0 saturated carbocycles. The summed E-state index contributed by atoms with van der Waals surface area (Å²) in [5.74, 6) is -2.99. The lowest BCUT2D eigenvalue weighted by Gasteiger charge is -2.14. The summed E-state index contributed by atoms with van der Waals surface area (Å²) in [5, 5.41) is 4.29. The van der Waals surface area contributed by atoms with Crippen LogP contribution in [0.4, 0.5) is 8.78 Å². The molecule has 2 heterocycles. The first kappa shape index (κ1) is 14.9. The second kappa shape index (κ2) is 5.32. The predicted molar refractivity (Wildman–Crippen MR) is 83.2 cm³/mol. The van der Waals surface area contributed by atoms with E-state index in [9.17, 15) is 8.78 Å². The van der Waals surface area contributed by atoms with Crippen molar-refractivity contribution >= 4 is 22.6 Å². The molecule has 0 unspecified atom stereocenters. The van der Waals surface area contributed by atoms with Crippen molar-refractivity contribution in [3.05, 3.63) is 47.2 Å². The van der Waals surface area contributed by atoms with Gasteiger partial charge < -0.3 is 0 Å². The van der Waals surface area contributed by atoms with Gasteiger partial charge in [-0.05, 0) is 30.7 Å². The van der Waals surface area contributed by atoms with E-state index in [2.05, 4.69) is 10.1 Å². The molecule has 0 amide bonds. The summed E-state index contributed by atoms with van der Waals surface area (Å²) in [7, 11) is 0. The van der Waals surface area contributed by atoms with Crippen LogP contribution in [-0.4, -0.2) is 14.8 Å².